The van der Waals surface area contributed by atoms with Gasteiger partial charge in [-0.25, -0.2) is 4.98 Å². The van der Waals surface area contributed by atoms with Gasteiger partial charge >= 0.3 is 0 Å². The van der Waals surface area contributed by atoms with E-state index in [4.69, 9.17) is 10.1 Å². The fraction of sp³-hybridized carbons (Fsp3) is 0. The molecule has 0 bridgehead atoms. The summed E-state index contributed by atoms with van der Waals surface area (Å²) in [6, 6.07) is 26.1. The lowest BCUT2D eigenvalue weighted by atomic mass is 10.0. The molecule has 0 saturated carbocycles. The lowest BCUT2D eigenvalue weighted by Gasteiger charge is -2.08. The lowest BCUT2D eigenvalue weighted by Crippen LogP contribution is -1.94. The van der Waals surface area contributed by atoms with Crippen LogP contribution in [0.2, 0.25) is 0 Å². The molecule has 4 heterocycles. The number of pyridine rings is 2. The third-order valence-electron chi connectivity index (χ3n) is 4.90. The van der Waals surface area contributed by atoms with Gasteiger partial charge in [-0.3, -0.25) is 4.98 Å². The highest BCUT2D eigenvalue weighted by atomic mass is 32.1. The van der Waals surface area contributed by atoms with E-state index in [0.29, 0.717) is 5.82 Å². The van der Waals surface area contributed by atoms with Crippen LogP contribution < -0.4 is 0 Å². The Hall–Kier alpha value is -3.97. The standard InChI is InChI=1S/C23H14N6S/c1-2-8-15(9-3-1)20-14-17(16-10-4-5-11-18(16)25-20)22-28-29-21(26-27-23(29)30-22)19-12-6-7-13-24-19/h1-14H. The third kappa shape index (κ3) is 2.75. The largest absolute Gasteiger partial charge is 0.253 e. The van der Waals surface area contributed by atoms with Crippen LogP contribution in [0.3, 0.4) is 0 Å². The van der Waals surface area contributed by atoms with E-state index in [1.807, 2.05) is 54.6 Å². The Labute approximate surface area is 175 Å². The number of benzene rings is 2. The van der Waals surface area contributed by atoms with Crippen LogP contribution >= 0.6 is 11.3 Å². The first-order valence-corrected chi connectivity index (χ1v) is 10.3. The molecule has 30 heavy (non-hydrogen) atoms. The molecule has 6 nitrogen and oxygen atoms in total. The summed E-state index contributed by atoms with van der Waals surface area (Å²) < 4.78 is 1.76. The minimum Gasteiger partial charge on any atom is -0.253 e. The van der Waals surface area contributed by atoms with Crippen molar-refractivity contribution in [3.63, 3.8) is 0 Å². The maximum atomic E-state index is 4.87. The average molecular weight is 406 g/mol. The van der Waals surface area contributed by atoms with Gasteiger partial charge in [0.2, 0.25) is 10.8 Å². The minimum absolute atomic E-state index is 0.634. The number of para-hydroxylation sites is 1. The predicted octanol–water partition coefficient (Wildman–Crippen LogP) is 5.13. The van der Waals surface area contributed by atoms with Crippen LogP contribution in [-0.2, 0) is 0 Å². The van der Waals surface area contributed by atoms with E-state index in [-0.39, 0.29) is 0 Å². The van der Waals surface area contributed by atoms with E-state index < -0.39 is 0 Å². The number of fused-ring (bicyclic) bond motifs is 2. The molecule has 0 aliphatic carbocycles. The Bertz CT molecular complexity index is 1490. The normalized spacial score (nSPS) is 11.3. The Balaban J connectivity index is 1.58. The molecule has 0 spiro atoms. The molecule has 0 atom stereocenters. The maximum Gasteiger partial charge on any atom is 0.235 e. The van der Waals surface area contributed by atoms with Crippen LogP contribution in [0, 0.1) is 0 Å². The van der Waals surface area contributed by atoms with Gasteiger partial charge in [0.1, 0.15) is 10.7 Å². The Morgan fingerprint density at radius 1 is 0.767 bits per heavy atom. The van der Waals surface area contributed by atoms with E-state index >= 15 is 0 Å². The molecule has 0 radical (unpaired) electrons. The van der Waals surface area contributed by atoms with Crippen molar-refractivity contribution < 1.29 is 0 Å². The summed E-state index contributed by atoms with van der Waals surface area (Å²) in [6.45, 7) is 0. The van der Waals surface area contributed by atoms with Gasteiger partial charge in [-0.1, -0.05) is 65.9 Å². The zero-order valence-corrected chi connectivity index (χ0v) is 16.5. The van der Waals surface area contributed by atoms with E-state index in [1.54, 1.807) is 10.7 Å². The van der Waals surface area contributed by atoms with E-state index in [9.17, 15) is 0 Å². The van der Waals surface area contributed by atoms with Gasteiger partial charge in [-0.15, -0.1) is 10.2 Å². The van der Waals surface area contributed by atoms with Crippen LogP contribution in [0.15, 0.2) is 85.1 Å². The number of hydrogen-bond donors (Lipinski definition) is 0. The van der Waals surface area contributed by atoms with Crippen molar-refractivity contribution in [3.8, 4) is 33.3 Å². The predicted molar refractivity (Wildman–Crippen MR) is 118 cm³/mol. The topological polar surface area (TPSA) is 68.9 Å². The zero-order valence-electron chi connectivity index (χ0n) is 15.7. The SMILES string of the molecule is c1ccc(-c2cc(-c3nn4c(-c5ccccn5)nnc4s3)c3ccccc3n2)cc1. The van der Waals surface area contributed by atoms with Crippen molar-refractivity contribution in [3.05, 3.63) is 85.1 Å². The first-order valence-electron chi connectivity index (χ1n) is 9.46. The second-order valence-corrected chi connectivity index (χ2v) is 7.73. The van der Waals surface area contributed by atoms with Gasteiger partial charge < -0.3 is 0 Å². The van der Waals surface area contributed by atoms with Crippen molar-refractivity contribution in [2.24, 2.45) is 0 Å². The third-order valence-corrected chi connectivity index (χ3v) is 5.83. The van der Waals surface area contributed by atoms with E-state index in [2.05, 4.69) is 39.4 Å². The molecule has 7 heteroatoms. The van der Waals surface area contributed by atoms with Gasteiger partial charge in [0.15, 0.2) is 0 Å². The number of hydrogen-bond acceptors (Lipinski definition) is 6. The van der Waals surface area contributed by atoms with E-state index in [0.717, 1.165) is 43.4 Å². The van der Waals surface area contributed by atoms with Crippen molar-refractivity contribution in [2.45, 2.75) is 0 Å². The molecule has 4 aromatic heterocycles. The van der Waals surface area contributed by atoms with Crippen LogP contribution in [0.1, 0.15) is 0 Å². The highest BCUT2D eigenvalue weighted by Crippen LogP contribution is 2.35. The second kappa shape index (κ2) is 6.82. The van der Waals surface area contributed by atoms with Crippen LogP contribution in [0.4, 0.5) is 0 Å². The molecule has 0 aliphatic rings. The Kier molecular flexibility index (Phi) is 3.85. The summed E-state index contributed by atoms with van der Waals surface area (Å²) in [5.41, 5.74) is 4.69. The van der Waals surface area contributed by atoms with Crippen molar-refractivity contribution >= 4 is 27.2 Å². The molecule has 6 aromatic rings. The smallest absolute Gasteiger partial charge is 0.235 e. The van der Waals surface area contributed by atoms with Crippen LogP contribution in [0.5, 0.6) is 0 Å². The fourth-order valence-electron chi connectivity index (χ4n) is 3.49. The molecule has 0 saturated heterocycles. The summed E-state index contributed by atoms with van der Waals surface area (Å²) >= 11 is 1.51. The van der Waals surface area contributed by atoms with Gasteiger partial charge in [0.25, 0.3) is 0 Å². The molecule has 0 amide bonds. The monoisotopic (exact) mass is 406 g/mol. The molecule has 0 unspecified atom stereocenters. The quantitative estimate of drug-likeness (QED) is 0.407. The molecule has 0 aliphatic heterocycles. The first-order chi connectivity index (χ1) is 14.9. The van der Waals surface area contributed by atoms with Gasteiger partial charge in [-0.2, -0.15) is 9.61 Å². The number of nitrogens with zero attached hydrogens (tertiary/aromatic N) is 6. The molecular weight excluding hydrogens is 392 g/mol. The Morgan fingerprint density at radius 2 is 1.60 bits per heavy atom. The molecular formula is C23H14N6S. The molecule has 142 valence electrons. The van der Waals surface area contributed by atoms with Crippen LogP contribution in [0.25, 0.3) is 49.2 Å². The first kappa shape index (κ1) is 16.9. The molecule has 0 N–H and O–H groups in total. The van der Waals surface area contributed by atoms with Crippen molar-refractivity contribution in [2.75, 3.05) is 0 Å². The minimum atomic E-state index is 0.634. The number of aromatic nitrogens is 6. The van der Waals surface area contributed by atoms with Gasteiger partial charge in [0.05, 0.1) is 11.2 Å². The average Bonchev–Trinajstić information content (AvgIpc) is 3.40. The van der Waals surface area contributed by atoms with E-state index in [1.165, 1.54) is 11.3 Å². The Morgan fingerprint density at radius 3 is 2.47 bits per heavy atom. The van der Waals surface area contributed by atoms with Gasteiger partial charge in [-0.05, 0) is 24.3 Å². The fourth-order valence-corrected chi connectivity index (χ4v) is 4.36. The highest BCUT2D eigenvalue weighted by molar-refractivity contribution is 7.20. The van der Waals surface area contributed by atoms with Crippen molar-refractivity contribution in [1.29, 1.82) is 0 Å². The maximum absolute atomic E-state index is 4.87. The summed E-state index contributed by atoms with van der Waals surface area (Å²) in [5, 5.41) is 15.4. The molecule has 0 fully saturated rings. The summed E-state index contributed by atoms with van der Waals surface area (Å²) in [7, 11) is 0. The second-order valence-electron chi connectivity index (χ2n) is 6.78. The zero-order chi connectivity index (χ0) is 19.9. The molecule has 6 rings (SSSR count). The van der Waals surface area contributed by atoms with Crippen LogP contribution in [-0.4, -0.2) is 29.8 Å². The van der Waals surface area contributed by atoms with Crippen molar-refractivity contribution in [1.82, 2.24) is 29.8 Å². The number of rotatable bonds is 3. The lowest BCUT2D eigenvalue weighted by molar-refractivity contribution is 0.962. The highest BCUT2D eigenvalue weighted by Gasteiger charge is 2.17. The molecule has 2 aromatic carbocycles. The van der Waals surface area contributed by atoms with Gasteiger partial charge in [0, 0.05) is 22.7 Å². The summed E-state index contributed by atoms with van der Waals surface area (Å²) in [6.07, 6.45) is 1.74. The summed E-state index contributed by atoms with van der Waals surface area (Å²) in [5.74, 6) is 0.634. The summed E-state index contributed by atoms with van der Waals surface area (Å²) in [4.78, 5) is 9.99.